The molecule has 0 fully saturated rings. The summed E-state index contributed by atoms with van der Waals surface area (Å²) in [4.78, 5) is 24.2. The van der Waals surface area contributed by atoms with Crippen LogP contribution in [0.2, 0.25) is 0 Å². The van der Waals surface area contributed by atoms with Gasteiger partial charge in [0.1, 0.15) is 11.5 Å². The number of anilines is 1. The lowest BCUT2D eigenvalue weighted by atomic mass is 10.1. The van der Waals surface area contributed by atoms with Crippen LogP contribution in [0.5, 0.6) is 17.2 Å². The third-order valence-corrected chi connectivity index (χ3v) is 4.00. The summed E-state index contributed by atoms with van der Waals surface area (Å²) in [5.41, 5.74) is 1.27. The van der Waals surface area contributed by atoms with Gasteiger partial charge >= 0.3 is 5.97 Å². The minimum atomic E-state index is -0.487. The highest BCUT2D eigenvalue weighted by atomic mass is 16.5. The molecule has 0 saturated carbocycles. The minimum Gasteiger partial charge on any atom is -0.497 e. The van der Waals surface area contributed by atoms with Crippen LogP contribution in [0.3, 0.4) is 0 Å². The zero-order valence-electron chi connectivity index (χ0n) is 16.0. The van der Waals surface area contributed by atoms with Crippen LogP contribution in [-0.2, 0) is 20.7 Å². The average Bonchev–Trinajstić information content (AvgIpc) is 2.75. The summed E-state index contributed by atoms with van der Waals surface area (Å²) in [5, 5.41) is 2.71. The smallest absolute Gasteiger partial charge is 0.310 e. The van der Waals surface area contributed by atoms with Crippen molar-refractivity contribution in [3.63, 3.8) is 0 Å². The Kier molecular flexibility index (Phi) is 6.84. The molecule has 1 N–H and O–H groups in total. The molecule has 0 aliphatic heterocycles. The van der Waals surface area contributed by atoms with Crippen LogP contribution in [0, 0.1) is 0 Å². The molecule has 0 aromatic heterocycles. The number of benzene rings is 3. The number of amides is 1. The topological polar surface area (TPSA) is 73.9 Å². The Labute approximate surface area is 169 Å². The first-order valence-electron chi connectivity index (χ1n) is 9.04. The van der Waals surface area contributed by atoms with Gasteiger partial charge in [0.15, 0.2) is 12.4 Å². The minimum absolute atomic E-state index is 0.0744. The molecule has 0 radical (unpaired) electrons. The van der Waals surface area contributed by atoms with E-state index in [1.165, 1.54) is 0 Å². The number of para-hydroxylation sites is 3. The van der Waals surface area contributed by atoms with E-state index in [4.69, 9.17) is 14.2 Å². The van der Waals surface area contributed by atoms with Gasteiger partial charge in [-0.2, -0.15) is 0 Å². The van der Waals surface area contributed by atoms with Crippen molar-refractivity contribution in [3.8, 4) is 17.2 Å². The van der Waals surface area contributed by atoms with Crippen LogP contribution < -0.4 is 14.8 Å². The highest BCUT2D eigenvalue weighted by molar-refractivity contribution is 5.94. The van der Waals surface area contributed by atoms with Gasteiger partial charge in [0.25, 0.3) is 5.91 Å². The van der Waals surface area contributed by atoms with E-state index in [0.717, 1.165) is 5.56 Å². The molecule has 0 spiro atoms. The number of carbonyl (C=O) groups is 2. The molecule has 3 rings (SSSR count). The van der Waals surface area contributed by atoms with Crippen molar-refractivity contribution in [2.24, 2.45) is 0 Å². The SMILES string of the molecule is COc1ccc(CC(=O)OCC(=O)Nc2ccccc2Oc2ccccc2)cc1. The Morgan fingerprint density at radius 2 is 1.52 bits per heavy atom. The highest BCUT2D eigenvalue weighted by Crippen LogP contribution is 2.29. The molecule has 0 heterocycles. The largest absolute Gasteiger partial charge is 0.497 e. The van der Waals surface area contributed by atoms with E-state index in [9.17, 15) is 9.59 Å². The zero-order valence-corrected chi connectivity index (χ0v) is 16.0. The maximum atomic E-state index is 12.2. The molecule has 0 aliphatic carbocycles. The first-order chi connectivity index (χ1) is 14.1. The van der Waals surface area contributed by atoms with Gasteiger partial charge in [-0.1, -0.05) is 42.5 Å². The van der Waals surface area contributed by atoms with Crippen LogP contribution in [0.4, 0.5) is 5.69 Å². The summed E-state index contributed by atoms with van der Waals surface area (Å²) in [6.45, 7) is -0.380. The molecule has 0 atom stereocenters. The van der Waals surface area contributed by atoms with E-state index >= 15 is 0 Å². The average molecular weight is 391 g/mol. The van der Waals surface area contributed by atoms with Gasteiger partial charge < -0.3 is 19.5 Å². The molecule has 29 heavy (non-hydrogen) atoms. The number of hydrogen-bond acceptors (Lipinski definition) is 5. The first kappa shape index (κ1) is 19.9. The number of rotatable bonds is 8. The van der Waals surface area contributed by atoms with Gasteiger partial charge in [0, 0.05) is 0 Å². The molecular weight excluding hydrogens is 370 g/mol. The third-order valence-electron chi connectivity index (χ3n) is 4.00. The first-order valence-corrected chi connectivity index (χ1v) is 9.04. The van der Waals surface area contributed by atoms with Crippen LogP contribution in [0.25, 0.3) is 0 Å². The highest BCUT2D eigenvalue weighted by Gasteiger charge is 2.12. The van der Waals surface area contributed by atoms with E-state index in [-0.39, 0.29) is 13.0 Å². The van der Waals surface area contributed by atoms with Crippen molar-refractivity contribution in [3.05, 3.63) is 84.4 Å². The lowest BCUT2D eigenvalue weighted by molar-refractivity contribution is -0.146. The normalized spacial score (nSPS) is 10.1. The van der Waals surface area contributed by atoms with Gasteiger partial charge in [-0.3, -0.25) is 9.59 Å². The molecule has 6 heteroatoms. The Morgan fingerprint density at radius 1 is 0.828 bits per heavy atom. The number of ether oxygens (including phenoxy) is 3. The second-order valence-electron chi connectivity index (χ2n) is 6.14. The molecule has 1 amide bonds. The maximum absolute atomic E-state index is 12.2. The standard InChI is InChI=1S/C23H21NO5/c1-27-18-13-11-17(12-14-18)15-23(26)28-16-22(25)24-20-9-5-6-10-21(20)29-19-7-3-2-4-8-19/h2-14H,15-16H2,1H3,(H,24,25). The van der Waals surface area contributed by atoms with E-state index in [2.05, 4.69) is 5.32 Å². The molecule has 3 aromatic carbocycles. The number of hydrogen-bond donors (Lipinski definition) is 1. The summed E-state index contributed by atoms with van der Waals surface area (Å²) in [5.74, 6) is 0.922. The lowest BCUT2D eigenvalue weighted by Gasteiger charge is -2.12. The fourth-order valence-electron chi connectivity index (χ4n) is 2.57. The van der Waals surface area contributed by atoms with Crippen LogP contribution >= 0.6 is 0 Å². The van der Waals surface area contributed by atoms with Crippen LogP contribution in [0.1, 0.15) is 5.56 Å². The fraction of sp³-hybridized carbons (Fsp3) is 0.130. The van der Waals surface area contributed by atoms with Crippen molar-refractivity contribution < 1.29 is 23.8 Å². The van der Waals surface area contributed by atoms with Crippen molar-refractivity contribution in [1.82, 2.24) is 0 Å². The molecule has 3 aromatic rings. The van der Waals surface area contributed by atoms with Crippen molar-refractivity contribution in [2.75, 3.05) is 19.0 Å². The summed E-state index contributed by atoms with van der Waals surface area (Å²) >= 11 is 0. The predicted molar refractivity (Wildman–Crippen MR) is 109 cm³/mol. The van der Waals surface area contributed by atoms with Gasteiger partial charge in [0.05, 0.1) is 19.2 Å². The van der Waals surface area contributed by atoms with Crippen molar-refractivity contribution >= 4 is 17.6 Å². The zero-order chi connectivity index (χ0) is 20.5. The Hall–Kier alpha value is -3.80. The van der Waals surface area contributed by atoms with Crippen molar-refractivity contribution in [2.45, 2.75) is 6.42 Å². The van der Waals surface area contributed by atoms with Crippen LogP contribution in [0.15, 0.2) is 78.9 Å². The predicted octanol–water partition coefficient (Wildman–Crippen LogP) is 4.21. The summed E-state index contributed by atoms with van der Waals surface area (Å²) in [7, 11) is 1.57. The van der Waals surface area contributed by atoms with E-state index in [1.807, 2.05) is 36.4 Å². The Balaban J connectivity index is 1.52. The fourth-order valence-corrected chi connectivity index (χ4v) is 2.57. The Bertz CT molecular complexity index is 955. The Morgan fingerprint density at radius 3 is 2.24 bits per heavy atom. The van der Waals surface area contributed by atoms with E-state index in [1.54, 1.807) is 49.6 Å². The number of carbonyl (C=O) groups excluding carboxylic acids is 2. The molecular formula is C23H21NO5. The molecule has 148 valence electrons. The van der Waals surface area contributed by atoms with Crippen LogP contribution in [-0.4, -0.2) is 25.6 Å². The van der Waals surface area contributed by atoms with Crippen molar-refractivity contribution in [1.29, 1.82) is 0 Å². The third kappa shape index (κ3) is 6.10. The molecule has 0 unspecified atom stereocenters. The molecule has 0 aliphatic rings. The maximum Gasteiger partial charge on any atom is 0.310 e. The van der Waals surface area contributed by atoms with Gasteiger partial charge in [-0.15, -0.1) is 0 Å². The molecule has 0 bridgehead atoms. The van der Waals surface area contributed by atoms with Gasteiger partial charge in [-0.25, -0.2) is 0 Å². The van der Waals surface area contributed by atoms with E-state index in [0.29, 0.717) is 22.9 Å². The summed E-state index contributed by atoms with van der Waals surface area (Å²) < 4.78 is 16.0. The van der Waals surface area contributed by atoms with Gasteiger partial charge in [0.2, 0.25) is 0 Å². The van der Waals surface area contributed by atoms with E-state index < -0.39 is 11.9 Å². The second kappa shape index (κ2) is 9.94. The lowest BCUT2D eigenvalue weighted by Crippen LogP contribution is -2.21. The van der Waals surface area contributed by atoms with Gasteiger partial charge in [-0.05, 0) is 42.0 Å². The quantitative estimate of drug-likeness (QED) is 0.582. The number of methoxy groups -OCH3 is 1. The second-order valence-corrected chi connectivity index (χ2v) is 6.14. The number of nitrogens with one attached hydrogen (secondary N) is 1. The molecule has 6 nitrogen and oxygen atoms in total. The summed E-state index contributed by atoms with van der Waals surface area (Å²) in [6, 6.07) is 23.4. The summed E-state index contributed by atoms with van der Waals surface area (Å²) in [6.07, 6.45) is 0.0744. The number of esters is 1. The monoisotopic (exact) mass is 391 g/mol. The molecule has 0 saturated heterocycles.